The van der Waals surface area contributed by atoms with E-state index in [0.29, 0.717) is 5.95 Å². The molecule has 3 aromatic carbocycles. The van der Waals surface area contributed by atoms with Gasteiger partial charge in [0.2, 0.25) is 5.95 Å². The number of para-hydroxylation sites is 1. The molecule has 0 radical (unpaired) electrons. The number of aromatic nitrogens is 2. The van der Waals surface area contributed by atoms with E-state index in [4.69, 9.17) is 4.98 Å². The molecule has 0 amide bonds. The molecule has 0 saturated carbocycles. The van der Waals surface area contributed by atoms with Crippen molar-refractivity contribution in [2.75, 3.05) is 12.4 Å². The molecule has 0 bridgehead atoms. The summed E-state index contributed by atoms with van der Waals surface area (Å²) in [4.78, 5) is 24.0. The van der Waals surface area contributed by atoms with Gasteiger partial charge in [-0.25, -0.2) is 9.55 Å². The second-order valence-electron chi connectivity index (χ2n) is 11.0. The summed E-state index contributed by atoms with van der Waals surface area (Å²) in [6.45, 7) is 6.26. The van der Waals surface area contributed by atoms with E-state index in [2.05, 4.69) is 98.7 Å². The van der Waals surface area contributed by atoms with Gasteiger partial charge >= 0.3 is 0 Å². The van der Waals surface area contributed by atoms with Crippen molar-refractivity contribution in [3.8, 4) is 5.69 Å². The fourth-order valence-electron chi connectivity index (χ4n) is 5.53. The second kappa shape index (κ2) is 9.53. The van der Waals surface area contributed by atoms with Crippen LogP contribution in [0.3, 0.4) is 0 Å². The number of rotatable bonds is 4. The summed E-state index contributed by atoms with van der Waals surface area (Å²) in [5, 5.41) is 4.24. The van der Waals surface area contributed by atoms with Crippen LogP contribution >= 0.6 is 11.3 Å². The van der Waals surface area contributed by atoms with Gasteiger partial charge < -0.3 is 5.32 Å². The van der Waals surface area contributed by atoms with Gasteiger partial charge in [0.25, 0.3) is 5.56 Å². The molecule has 6 rings (SSSR count). The summed E-state index contributed by atoms with van der Waals surface area (Å²) in [7, 11) is 2.20. The maximum absolute atomic E-state index is 14.4. The van der Waals surface area contributed by atoms with Gasteiger partial charge in [0.15, 0.2) is 0 Å². The lowest BCUT2D eigenvalue weighted by Gasteiger charge is -2.40. The molecule has 1 aliphatic heterocycles. The predicted molar refractivity (Wildman–Crippen MR) is 158 cm³/mol. The minimum Gasteiger partial charge on any atom is -0.351 e. The van der Waals surface area contributed by atoms with Crippen molar-refractivity contribution in [1.29, 1.82) is 0 Å². The first-order chi connectivity index (χ1) is 18.3. The molecule has 0 fully saturated rings. The molecule has 2 unspecified atom stereocenters. The fourth-order valence-corrected chi connectivity index (χ4v) is 6.91. The molecule has 0 aliphatic carbocycles. The number of nitrogens with zero attached hydrogens (tertiary/aromatic N) is 3. The third-order valence-electron chi connectivity index (χ3n) is 7.20. The number of likely N-dealkylation sites (N-methyl/N-ethyl adjacent to an activating group) is 1. The molecule has 0 spiro atoms. The van der Waals surface area contributed by atoms with Crippen molar-refractivity contribution in [1.82, 2.24) is 14.5 Å². The average molecular weight is 521 g/mol. The van der Waals surface area contributed by atoms with E-state index < -0.39 is 0 Å². The lowest BCUT2D eigenvalue weighted by Crippen LogP contribution is -2.36. The number of nitrogens with one attached hydrogen (secondary N) is 1. The Hall–Kier alpha value is -3.74. The van der Waals surface area contributed by atoms with Gasteiger partial charge in [-0.2, -0.15) is 0 Å². The van der Waals surface area contributed by atoms with E-state index in [1.807, 2.05) is 30.3 Å². The van der Waals surface area contributed by atoms with Gasteiger partial charge in [0.05, 0.1) is 17.1 Å². The van der Waals surface area contributed by atoms with E-state index in [1.54, 1.807) is 15.9 Å². The number of fused-ring (bicyclic) bond motifs is 3. The first kappa shape index (κ1) is 24.6. The molecule has 2 aromatic heterocycles. The highest BCUT2D eigenvalue weighted by atomic mass is 32.1. The summed E-state index contributed by atoms with van der Waals surface area (Å²) in [6.07, 6.45) is 0.761. The Bertz CT molecular complexity index is 1640. The molecule has 38 heavy (non-hydrogen) atoms. The SMILES string of the molecule is CN1C(c2ccccc2)Cc2c(sc3nc(NC(C)(C)C)n(-c4ccccc4)c(=O)c23)C1c1ccccc1. The zero-order chi connectivity index (χ0) is 26.4. The molecule has 192 valence electrons. The Labute approximate surface area is 227 Å². The summed E-state index contributed by atoms with van der Waals surface area (Å²) in [5.74, 6) is 0.573. The van der Waals surface area contributed by atoms with Crippen molar-refractivity contribution in [3.05, 3.63) is 123 Å². The van der Waals surface area contributed by atoms with Gasteiger partial charge in [-0.15, -0.1) is 11.3 Å². The minimum atomic E-state index is -0.258. The number of hydrogen-bond acceptors (Lipinski definition) is 5. The van der Waals surface area contributed by atoms with Crippen molar-refractivity contribution in [2.45, 2.75) is 44.8 Å². The normalized spacial score (nSPS) is 17.9. The van der Waals surface area contributed by atoms with Crippen LogP contribution in [-0.4, -0.2) is 27.0 Å². The summed E-state index contributed by atoms with van der Waals surface area (Å²) < 4.78 is 1.74. The Morgan fingerprint density at radius 2 is 1.45 bits per heavy atom. The fraction of sp³-hybridized carbons (Fsp3) is 0.250. The zero-order valence-corrected chi connectivity index (χ0v) is 23.0. The highest BCUT2D eigenvalue weighted by molar-refractivity contribution is 7.19. The van der Waals surface area contributed by atoms with Crippen LogP contribution in [0.5, 0.6) is 0 Å². The smallest absolute Gasteiger partial charge is 0.268 e. The summed E-state index contributed by atoms with van der Waals surface area (Å²) in [5.41, 5.74) is 4.13. The highest BCUT2D eigenvalue weighted by Crippen LogP contribution is 2.48. The van der Waals surface area contributed by atoms with E-state index in [0.717, 1.165) is 27.9 Å². The number of benzene rings is 3. The largest absolute Gasteiger partial charge is 0.351 e. The molecule has 5 nitrogen and oxygen atoms in total. The van der Waals surface area contributed by atoms with Crippen molar-refractivity contribution in [2.24, 2.45) is 0 Å². The van der Waals surface area contributed by atoms with Gasteiger partial charge in [-0.1, -0.05) is 78.9 Å². The third kappa shape index (κ3) is 4.34. The van der Waals surface area contributed by atoms with Crippen LogP contribution < -0.4 is 10.9 Å². The lowest BCUT2D eigenvalue weighted by atomic mass is 9.87. The van der Waals surface area contributed by atoms with Crippen LogP contribution in [-0.2, 0) is 6.42 Å². The number of anilines is 1. The molecule has 0 saturated heterocycles. The van der Waals surface area contributed by atoms with Crippen LogP contribution in [0.15, 0.2) is 95.8 Å². The van der Waals surface area contributed by atoms with Gasteiger partial charge in [0.1, 0.15) is 4.83 Å². The summed E-state index contributed by atoms with van der Waals surface area (Å²) in [6, 6.07) is 31.2. The second-order valence-corrected chi connectivity index (χ2v) is 12.1. The monoisotopic (exact) mass is 520 g/mol. The molecule has 2 atom stereocenters. The van der Waals surface area contributed by atoms with E-state index >= 15 is 0 Å². The third-order valence-corrected chi connectivity index (χ3v) is 8.38. The van der Waals surface area contributed by atoms with Crippen molar-refractivity contribution < 1.29 is 0 Å². The Kier molecular flexibility index (Phi) is 6.17. The van der Waals surface area contributed by atoms with E-state index in [-0.39, 0.29) is 23.2 Å². The Morgan fingerprint density at radius 3 is 2.05 bits per heavy atom. The molecular weight excluding hydrogens is 488 g/mol. The number of hydrogen-bond donors (Lipinski definition) is 1. The van der Waals surface area contributed by atoms with Crippen LogP contribution in [0.1, 0.15) is 54.4 Å². The van der Waals surface area contributed by atoms with Crippen LogP contribution in [0.4, 0.5) is 5.95 Å². The Balaban J connectivity index is 1.64. The van der Waals surface area contributed by atoms with Crippen molar-refractivity contribution >= 4 is 27.5 Å². The molecule has 3 heterocycles. The van der Waals surface area contributed by atoms with E-state index in [9.17, 15) is 4.79 Å². The molecule has 5 aromatic rings. The number of thiophene rings is 1. The molecule has 1 N–H and O–H groups in total. The van der Waals surface area contributed by atoms with Gasteiger partial charge in [-0.05, 0) is 63.1 Å². The van der Waals surface area contributed by atoms with Crippen LogP contribution in [0.25, 0.3) is 15.9 Å². The van der Waals surface area contributed by atoms with Gasteiger partial charge in [0, 0.05) is 16.5 Å². The average Bonchev–Trinajstić information content (AvgIpc) is 3.27. The molecule has 1 aliphatic rings. The minimum absolute atomic E-state index is 0.0198. The van der Waals surface area contributed by atoms with Crippen molar-refractivity contribution in [3.63, 3.8) is 0 Å². The zero-order valence-electron chi connectivity index (χ0n) is 22.2. The predicted octanol–water partition coefficient (Wildman–Crippen LogP) is 6.98. The first-order valence-corrected chi connectivity index (χ1v) is 13.9. The van der Waals surface area contributed by atoms with Crippen LogP contribution in [0, 0.1) is 0 Å². The first-order valence-electron chi connectivity index (χ1n) is 13.1. The van der Waals surface area contributed by atoms with E-state index in [1.165, 1.54) is 16.0 Å². The maximum Gasteiger partial charge on any atom is 0.268 e. The maximum atomic E-state index is 14.4. The topological polar surface area (TPSA) is 50.2 Å². The lowest BCUT2D eigenvalue weighted by molar-refractivity contribution is 0.185. The highest BCUT2D eigenvalue weighted by Gasteiger charge is 2.38. The molecule has 6 heteroatoms. The van der Waals surface area contributed by atoms with Gasteiger partial charge in [-0.3, -0.25) is 9.69 Å². The summed E-state index contributed by atoms with van der Waals surface area (Å²) >= 11 is 1.66. The Morgan fingerprint density at radius 1 is 0.868 bits per heavy atom. The standard InChI is InChI=1S/C32H32N4OS/c1-32(2,3)34-31-33-29-26(30(37)36(31)23-18-12-7-13-19-23)24-20-25(21-14-8-5-9-15-21)35(4)27(28(24)38-29)22-16-10-6-11-17-22/h5-19,25,27H,20H2,1-4H3,(H,33,34). The van der Waals surface area contributed by atoms with Crippen LogP contribution in [0.2, 0.25) is 0 Å². The molecular formula is C32H32N4OS. The quantitative estimate of drug-likeness (QED) is 0.278.